The SMILES string of the molecule is c1ccc(-c2nc(-c3ccccc3)nc(-c3ccc(-n4c5ccccc5c5cc6c7ccccc7n(-c7ccccc7)c6cc54)c4c3oc3ccccc34)n2)cc1. The van der Waals surface area contributed by atoms with Gasteiger partial charge in [-0.25, -0.2) is 15.0 Å². The van der Waals surface area contributed by atoms with Crippen LogP contribution in [-0.4, -0.2) is 24.1 Å². The predicted octanol–water partition coefficient (Wildman–Crippen LogP) is 13.0. The molecule has 0 amide bonds. The van der Waals surface area contributed by atoms with Crippen molar-refractivity contribution in [3.05, 3.63) is 188 Å². The van der Waals surface area contributed by atoms with Gasteiger partial charge >= 0.3 is 0 Å². The highest BCUT2D eigenvalue weighted by Gasteiger charge is 2.24. The van der Waals surface area contributed by atoms with E-state index in [1.807, 2.05) is 72.8 Å². The Labute approximate surface area is 326 Å². The summed E-state index contributed by atoms with van der Waals surface area (Å²) in [6.45, 7) is 0. The summed E-state index contributed by atoms with van der Waals surface area (Å²) in [6.07, 6.45) is 0. The molecule has 4 aromatic heterocycles. The number of hydrogen-bond acceptors (Lipinski definition) is 4. The third-order valence-corrected chi connectivity index (χ3v) is 11.2. The zero-order valence-corrected chi connectivity index (χ0v) is 30.5. The van der Waals surface area contributed by atoms with Crippen LogP contribution in [-0.2, 0) is 0 Å². The predicted molar refractivity (Wildman–Crippen MR) is 232 cm³/mol. The molecule has 8 aromatic carbocycles. The number of benzene rings is 8. The highest BCUT2D eigenvalue weighted by molar-refractivity contribution is 6.21. The number of para-hydroxylation sites is 4. The minimum absolute atomic E-state index is 0.551. The molecule has 57 heavy (non-hydrogen) atoms. The molecule has 6 heteroatoms. The number of rotatable bonds is 5. The number of nitrogens with zero attached hydrogens (tertiary/aromatic N) is 5. The van der Waals surface area contributed by atoms with Crippen molar-refractivity contribution < 1.29 is 4.42 Å². The molecular formula is C51H31N5O. The molecule has 0 saturated carbocycles. The Morgan fingerprint density at radius 3 is 1.53 bits per heavy atom. The zero-order chi connectivity index (χ0) is 37.5. The molecule has 0 aliphatic heterocycles. The summed E-state index contributed by atoms with van der Waals surface area (Å²) in [5, 5.41) is 6.85. The molecule has 0 saturated heterocycles. The Balaban J connectivity index is 1.17. The topological polar surface area (TPSA) is 61.7 Å². The molecule has 0 unspecified atom stereocenters. The lowest BCUT2D eigenvalue weighted by Gasteiger charge is -2.13. The molecule has 0 fully saturated rings. The first-order valence-corrected chi connectivity index (χ1v) is 19.1. The van der Waals surface area contributed by atoms with Crippen molar-refractivity contribution >= 4 is 65.6 Å². The molecule has 0 spiro atoms. The first-order valence-electron chi connectivity index (χ1n) is 19.1. The summed E-state index contributed by atoms with van der Waals surface area (Å²) in [6, 6.07) is 65.5. The lowest BCUT2D eigenvalue weighted by atomic mass is 10.1. The highest BCUT2D eigenvalue weighted by atomic mass is 16.3. The van der Waals surface area contributed by atoms with E-state index in [4.69, 9.17) is 19.4 Å². The minimum Gasteiger partial charge on any atom is -0.455 e. The van der Waals surface area contributed by atoms with Gasteiger partial charge < -0.3 is 13.6 Å². The highest BCUT2D eigenvalue weighted by Crippen LogP contribution is 2.44. The van der Waals surface area contributed by atoms with Gasteiger partial charge in [0.2, 0.25) is 0 Å². The summed E-state index contributed by atoms with van der Waals surface area (Å²) in [7, 11) is 0. The Bertz CT molecular complexity index is 3450. The van der Waals surface area contributed by atoms with Crippen LogP contribution in [0.3, 0.4) is 0 Å². The molecule has 0 radical (unpaired) electrons. The molecule has 0 bridgehead atoms. The van der Waals surface area contributed by atoms with Crippen LogP contribution in [0.1, 0.15) is 0 Å². The first kappa shape index (κ1) is 31.5. The monoisotopic (exact) mass is 729 g/mol. The lowest BCUT2D eigenvalue weighted by molar-refractivity contribution is 0.669. The Morgan fingerprint density at radius 2 is 0.877 bits per heavy atom. The number of fused-ring (bicyclic) bond motifs is 9. The summed E-state index contributed by atoms with van der Waals surface area (Å²) in [4.78, 5) is 15.2. The second kappa shape index (κ2) is 12.3. The molecule has 12 rings (SSSR count). The van der Waals surface area contributed by atoms with Gasteiger partial charge in [-0.05, 0) is 54.6 Å². The normalized spacial score (nSPS) is 11.9. The lowest BCUT2D eigenvalue weighted by Crippen LogP contribution is -2.01. The Hall–Kier alpha value is -7.83. The van der Waals surface area contributed by atoms with Crippen molar-refractivity contribution in [2.24, 2.45) is 0 Å². The van der Waals surface area contributed by atoms with Gasteiger partial charge in [-0.15, -0.1) is 0 Å². The minimum atomic E-state index is 0.551. The van der Waals surface area contributed by atoms with Crippen molar-refractivity contribution in [1.29, 1.82) is 0 Å². The van der Waals surface area contributed by atoms with Crippen LogP contribution < -0.4 is 0 Å². The molecule has 12 aromatic rings. The van der Waals surface area contributed by atoms with Gasteiger partial charge in [0.25, 0.3) is 0 Å². The molecule has 0 aliphatic carbocycles. The quantitative estimate of drug-likeness (QED) is 0.177. The molecule has 4 heterocycles. The van der Waals surface area contributed by atoms with Gasteiger partial charge in [0, 0.05) is 43.7 Å². The maximum absolute atomic E-state index is 6.86. The molecule has 6 nitrogen and oxygen atoms in total. The van der Waals surface area contributed by atoms with Crippen molar-refractivity contribution in [2.45, 2.75) is 0 Å². The van der Waals surface area contributed by atoms with E-state index in [1.54, 1.807) is 0 Å². The van der Waals surface area contributed by atoms with Crippen molar-refractivity contribution in [1.82, 2.24) is 24.1 Å². The third kappa shape index (κ3) is 4.81. The second-order valence-corrected chi connectivity index (χ2v) is 14.4. The fourth-order valence-electron chi connectivity index (χ4n) is 8.65. The van der Waals surface area contributed by atoms with Crippen LogP contribution >= 0.6 is 0 Å². The van der Waals surface area contributed by atoms with Crippen LogP contribution in [0.4, 0.5) is 0 Å². The molecule has 266 valence electrons. The largest absolute Gasteiger partial charge is 0.455 e. The van der Waals surface area contributed by atoms with Crippen molar-refractivity contribution in [3.8, 4) is 45.5 Å². The van der Waals surface area contributed by atoms with Gasteiger partial charge in [0.15, 0.2) is 17.5 Å². The summed E-state index contributed by atoms with van der Waals surface area (Å²) >= 11 is 0. The molecule has 0 atom stereocenters. The van der Waals surface area contributed by atoms with E-state index in [-0.39, 0.29) is 0 Å². The fraction of sp³-hybridized carbons (Fsp3) is 0. The van der Waals surface area contributed by atoms with Crippen LogP contribution in [0.15, 0.2) is 192 Å². The van der Waals surface area contributed by atoms with Gasteiger partial charge in [-0.2, -0.15) is 0 Å². The maximum atomic E-state index is 6.86. The standard InChI is InChI=1S/C51H31N5O/c1-4-16-32(17-5-1)49-52-50(33-18-6-2-7-19-33)54-51(53-49)38-28-29-43(47-37-24-12-15-27-46(37)57-48(38)47)56-42-26-14-11-23-36(42)40-30-39-35-22-10-13-25-41(35)55(44(39)31-45(40)56)34-20-8-3-9-21-34/h1-31H. The van der Waals surface area contributed by atoms with Gasteiger partial charge in [-0.3, -0.25) is 0 Å². The van der Waals surface area contributed by atoms with E-state index >= 15 is 0 Å². The summed E-state index contributed by atoms with van der Waals surface area (Å²) < 4.78 is 11.6. The van der Waals surface area contributed by atoms with Crippen LogP contribution in [0.2, 0.25) is 0 Å². The van der Waals surface area contributed by atoms with Crippen LogP contribution in [0.25, 0.3) is 111 Å². The van der Waals surface area contributed by atoms with Crippen LogP contribution in [0, 0.1) is 0 Å². The van der Waals surface area contributed by atoms with E-state index in [2.05, 4.69) is 124 Å². The summed E-state index contributed by atoms with van der Waals surface area (Å²) in [5.41, 5.74) is 10.9. The maximum Gasteiger partial charge on any atom is 0.167 e. The van der Waals surface area contributed by atoms with Gasteiger partial charge in [-0.1, -0.05) is 133 Å². The fourth-order valence-corrected chi connectivity index (χ4v) is 8.65. The number of furan rings is 1. The van der Waals surface area contributed by atoms with Gasteiger partial charge in [0.1, 0.15) is 11.2 Å². The third-order valence-electron chi connectivity index (χ3n) is 11.2. The average Bonchev–Trinajstić information content (AvgIpc) is 3.94. The first-order chi connectivity index (χ1) is 28.3. The average molecular weight is 730 g/mol. The van der Waals surface area contributed by atoms with E-state index in [9.17, 15) is 0 Å². The van der Waals surface area contributed by atoms with E-state index in [1.165, 1.54) is 27.1 Å². The second-order valence-electron chi connectivity index (χ2n) is 14.4. The smallest absolute Gasteiger partial charge is 0.167 e. The number of aromatic nitrogens is 5. The van der Waals surface area contributed by atoms with E-state index in [0.29, 0.717) is 17.5 Å². The van der Waals surface area contributed by atoms with E-state index in [0.717, 1.165) is 66.6 Å². The Kier molecular flexibility index (Phi) is 6.83. The summed E-state index contributed by atoms with van der Waals surface area (Å²) in [5.74, 6) is 1.76. The van der Waals surface area contributed by atoms with E-state index < -0.39 is 0 Å². The molecular weight excluding hydrogens is 699 g/mol. The number of hydrogen-bond donors (Lipinski definition) is 0. The van der Waals surface area contributed by atoms with Crippen molar-refractivity contribution in [3.63, 3.8) is 0 Å². The molecule has 0 N–H and O–H groups in total. The van der Waals surface area contributed by atoms with Gasteiger partial charge in [0.05, 0.1) is 38.7 Å². The Morgan fingerprint density at radius 1 is 0.368 bits per heavy atom. The molecule has 0 aliphatic rings. The zero-order valence-electron chi connectivity index (χ0n) is 30.5. The van der Waals surface area contributed by atoms with Crippen molar-refractivity contribution in [2.75, 3.05) is 0 Å². The van der Waals surface area contributed by atoms with Crippen LogP contribution in [0.5, 0.6) is 0 Å².